The van der Waals surface area contributed by atoms with Gasteiger partial charge in [-0.2, -0.15) is 0 Å². The molecule has 32 heavy (non-hydrogen) atoms. The number of Topliss-reactive ketones (excluding diaryl/α,β-unsaturated/α-hetero) is 1. The predicted octanol–water partition coefficient (Wildman–Crippen LogP) is 1.41. The highest BCUT2D eigenvalue weighted by molar-refractivity contribution is 8.03. The standard InChI is InChI=1S/C22H30FN3O5S/c1-10(6-11(2)27)16-17-12(3)19(18(22(30)31)26(17)21(16)29)32-14-7-15(24-8-14)20(28)25-5-4-13(23)9-25/h10,12-17,24H,4-9H2,1-3H3,(H,30,31)/t10-,12+,13+,14-,15-,16+,17+/m0/s1. The zero-order chi connectivity index (χ0) is 23.3. The van der Waals surface area contributed by atoms with Crippen molar-refractivity contribution in [3.8, 4) is 0 Å². The van der Waals surface area contributed by atoms with Gasteiger partial charge in [0.1, 0.15) is 17.7 Å². The molecule has 0 aromatic heterocycles. The number of hydrogen-bond donors (Lipinski definition) is 2. The number of ketones is 1. The average Bonchev–Trinajstić information content (AvgIpc) is 3.40. The van der Waals surface area contributed by atoms with Gasteiger partial charge in [0, 0.05) is 35.6 Å². The average molecular weight is 468 g/mol. The summed E-state index contributed by atoms with van der Waals surface area (Å²) in [5, 5.41) is 13.1. The Balaban J connectivity index is 1.45. The number of nitrogens with one attached hydrogen (secondary N) is 1. The zero-order valence-corrected chi connectivity index (χ0v) is 19.4. The first-order valence-corrected chi connectivity index (χ1v) is 12.1. The summed E-state index contributed by atoms with van der Waals surface area (Å²) in [5.41, 5.74) is 0.0402. The van der Waals surface area contributed by atoms with Crippen LogP contribution in [-0.2, 0) is 19.2 Å². The van der Waals surface area contributed by atoms with Crippen LogP contribution in [0.1, 0.15) is 40.0 Å². The number of hydrogen-bond acceptors (Lipinski definition) is 6. The van der Waals surface area contributed by atoms with Gasteiger partial charge < -0.3 is 25.0 Å². The summed E-state index contributed by atoms with van der Waals surface area (Å²) in [4.78, 5) is 52.8. The van der Waals surface area contributed by atoms with E-state index in [1.165, 1.54) is 23.6 Å². The lowest BCUT2D eigenvalue weighted by molar-refractivity contribution is -0.160. The molecule has 0 radical (unpaired) electrons. The molecule has 0 spiro atoms. The number of likely N-dealkylation sites (tertiary alicyclic amines) is 1. The molecule has 3 saturated heterocycles. The Kier molecular flexibility index (Phi) is 6.37. The van der Waals surface area contributed by atoms with Gasteiger partial charge in [-0.05, 0) is 25.7 Å². The Bertz CT molecular complexity index is 880. The molecule has 8 nitrogen and oxygen atoms in total. The van der Waals surface area contributed by atoms with Crippen LogP contribution in [0.25, 0.3) is 0 Å². The maximum Gasteiger partial charge on any atom is 0.353 e. The van der Waals surface area contributed by atoms with Crippen molar-refractivity contribution in [2.45, 2.75) is 63.5 Å². The van der Waals surface area contributed by atoms with Gasteiger partial charge >= 0.3 is 5.97 Å². The SMILES string of the molecule is CC(=O)C[C@H](C)[C@H]1C(=O)N2C(C(=O)O)=C(S[C@@H]3CN[C@H](C(=O)N4CC[C@@H](F)C4)C3)[C@H](C)[C@H]12. The molecule has 176 valence electrons. The minimum absolute atomic E-state index is 0.0126. The maximum absolute atomic E-state index is 13.5. The zero-order valence-electron chi connectivity index (χ0n) is 18.5. The molecule has 2 N–H and O–H groups in total. The summed E-state index contributed by atoms with van der Waals surface area (Å²) < 4.78 is 13.5. The van der Waals surface area contributed by atoms with Gasteiger partial charge in [0.2, 0.25) is 11.8 Å². The Morgan fingerprint density at radius 3 is 2.66 bits per heavy atom. The quantitative estimate of drug-likeness (QED) is 0.545. The van der Waals surface area contributed by atoms with E-state index in [4.69, 9.17) is 0 Å². The molecule has 0 aromatic carbocycles. The number of nitrogens with zero attached hydrogens (tertiary/aromatic N) is 2. The van der Waals surface area contributed by atoms with E-state index in [1.807, 2.05) is 13.8 Å². The number of fused-ring (bicyclic) bond motifs is 1. The number of halogens is 1. The molecule has 3 fully saturated rings. The van der Waals surface area contributed by atoms with Crippen LogP contribution < -0.4 is 5.32 Å². The molecule has 0 saturated carbocycles. The lowest BCUT2D eigenvalue weighted by Gasteiger charge is -2.47. The van der Waals surface area contributed by atoms with E-state index < -0.39 is 18.2 Å². The van der Waals surface area contributed by atoms with Gasteiger partial charge in [0.05, 0.1) is 24.5 Å². The largest absolute Gasteiger partial charge is 0.477 e. The van der Waals surface area contributed by atoms with E-state index in [-0.39, 0.29) is 58.9 Å². The molecule has 10 heteroatoms. The van der Waals surface area contributed by atoms with Crippen LogP contribution in [0.15, 0.2) is 10.6 Å². The first-order chi connectivity index (χ1) is 15.1. The Hall–Kier alpha value is -1.94. The first kappa shape index (κ1) is 23.2. The monoisotopic (exact) mass is 467 g/mol. The Morgan fingerprint density at radius 1 is 1.34 bits per heavy atom. The van der Waals surface area contributed by atoms with Crippen LogP contribution in [0.5, 0.6) is 0 Å². The Labute approximate surface area is 190 Å². The van der Waals surface area contributed by atoms with Gasteiger partial charge in [-0.25, -0.2) is 9.18 Å². The van der Waals surface area contributed by atoms with E-state index in [1.54, 1.807) is 4.90 Å². The van der Waals surface area contributed by atoms with Crippen LogP contribution in [0.3, 0.4) is 0 Å². The van der Waals surface area contributed by atoms with Crippen molar-refractivity contribution in [1.82, 2.24) is 15.1 Å². The lowest BCUT2D eigenvalue weighted by Crippen LogP contribution is -2.62. The summed E-state index contributed by atoms with van der Waals surface area (Å²) in [5.74, 6) is -2.09. The van der Waals surface area contributed by atoms with E-state index >= 15 is 0 Å². The number of β-lactam (4-membered cyclic amide) rings is 1. The van der Waals surface area contributed by atoms with Gasteiger partial charge in [-0.15, -0.1) is 11.8 Å². The molecular formula is C22H30FN3O5S. The topological polar surface area (TPSA) is 107 Å². The normalized spacial score (nSPS) is 35.2. The fourth-order valence-corrected chi connectivity index (χ4v) is 7.12. The number of amides is 2. The molecule has 4 aliphatic rings. The minimum atomic E-state index is -1.13. The molecule has 0 bridgehead atoms. The number of rotatable bonds is 7. The highest BCUT2D eigenvalue weighted by atomic mass is 32.2. The lowest BCUT2D eigenvalue weighted by atomic mass is 9.73. The highest BCUT2D eigenvalue weighted by Gasteiger charge is 2.60. The molecule has 2 amide bonds. The smallest absolute Gasteiger partial charge is 0.353 e. The van der Waals surface area contributed by atoms with Crippen LogP contribution in [0.2, 0.25) is 0 Å². The second-order valence-corrected chi connectivity index (χ2v) is 10.9. The van der Waals surface area contributed by atoms with Gasteiger partial charge in [0.15, 0.2) is 0 Å². The van der Waals surface area contributed by atoms with Crippen molar-refractivity contribution < 1.29 is 28.7 Å². The van der Waals surface area contributed by atoms with Gasteiger partial charge in [-0.3, -0.25) is 9.59 Å². The summed E-state index contributed by atoms with van der Waals surface area (Å²) in [6.45, 7) is 6.42. The number of carbonyl (C=O) groups is 4. The second-order valence-electron chi connectivity index (χ2n) is 9.52. The highest BCUT2D eigenvalue weighted by Crippen LogP contribution is 2.53. The van der Waals surface area contributed by atoms with Crippen molar-refractivity contribution >= 4 is 35.3 Å². The van der Waals surface area contributed by atoms with Crippen LogP contribution >= 0.6 is 11.8 Å². The fourth-order valence-electron chi connectivity index (χ4n) is 5.65. The molecule has 4 rings (SSSR count). The van der Waals surface area contributed by atoms with Gasteiger partial charge in [-0.1, -0.05) is 13.8 Å². The molecule has 7 atom stereocenters. The fraction of sp³-hybridized carbons (Fsp3) is 0.727. The third-order valence-electron chi connectivity index (χ3n) is 7.14. The summed E-state index contributed by atoms with van der Waals surface area (Å²) >= 11 is 1.43. The van der Waals surface area contributed by atoms with Crippen LogP contribution in [0.4, 0.5) is 4.39 Å². The third-order valence-corrected chi connectivity index (χ3v) is 8.65. The minimum Gasteiger partial charge on any atom is -0.477 e. The maximum atomic E-state index is 13.5. The van der Waals surface area contributed by atoms with E-state index in [2.05, 4.69) is 5.32 Å². The van der Waals surface area contributed by atoms with Crippen LogP contribution in [-0.4, -0.2) is 81.6 Å². The van der Waals surface area contributed by atoms with E-state index in [0.29, 0.717) is 37.3 Å². The molecule has 0 aromatic rings. The molecule has 0 aliphatic carbocycles. The third kappa shape index (κ3) is 3.96. The summed E-state index contributed by atoms with van der Waals surface area (Å²) in [7, 11) is 0. The van der Waals surface area contributed by atoms with E-state index in [9.17, 15) is 28.7 Å². The number of aliphatic carboxylic acids is 1. The summed E-state index contributed by atoms with van der Waals surface area (Å²) in [6.07, 6.45) is 0.235. The second kappa shape index (κ2) is 8.78. The van der Waals surface area contributed by atoms with Crippen LogP contribution in [0, 0.1) is 17.8 Å². The molecular weight excluding hydrogens is 437 g/mol. The van der Waals surface area contributed by atoms with Gasteiger partial charge in [0.25, 0.3) is 0 Å². The van der Waals surface area contributed by atoms with Crippen molar-refractivity contribution in [1.29, 1.82) is 0 Å². The van der Waals surface area contributed by atoms with E-state index in [0.717, 1.165) is 0 Å². The molecule has 0 unspecified atom stereocenters. The molecule has 4 aliphatic heterocycles. The van der Waals surface area contributed by atoms with Crippen molar-refractivity contribution in [2.75, 3.05) is 19.6 Å². The predicted molar refractivity (Wildman–Crippen MR) is 116 cm³/mol. The first-order valence-electron chi connectivity index (χ1n) is 11.2. The number of thioether (sulfide) groups is 1. The molecule has 4 heterocycles. The number of carboxylic acids is 1. The number of carboxylic acid groups (broad SMARTS) is 1. The Morgan fingerprint density at radius 2 is 2.06 bits per heavy atom. The van der Waals surface area contributed by atoms with Crippen molar-refractivity contribution in [2.24, 2.45) is 17.8 Å². The summed E-state index contributed by atoms with van der Waals surface area (Å²) in [6, 6.07) is -0.645. The number of alkyl halides is 1. The van der Waals surface area contributed by atoms with Crippen molar-refractivity contribution in [3.63, 3.8) is 0 Å². The number of carbonyl (C=O) groups excluding carboxylic acids is 3. The van der Waals surface area contributed by atoms with Crippen molar-refractivity contribution in [3.05, 3.63) is 10.6 Å².